The van der Waals surface area contributed by atoms with Gasteiger partial charge in [-0.1, -0.05) is 66.2 Å². The van der Waals surface area contributed by atoms with E-state index in [4.69, 9.17) is 25.8 Å². The molecule has 0 amide bonds. The van der Waals surface area contributed by atoms with Crippen molar-refractivity contribution in [3.05, 3.63) is 131 Å². The number of benzene rings is 5. The average molecular weight is 607 g/mol. The van der Waals surface area contributed by atoms with Gasteiger partial charge in [0.1, 0.15) is 17.2 Å². The molecule has 0 N–H and O–H groups in total. The number of fused-ring (bicyclic) bond motifs is 3. The first-order valence-corrected chi connectivity index (χ1v) is 15.1. The van der Waals surface area contributed by atoms with Crippen molar-refractivity contribution in [3.8, 4) is 23.0 Å². The lowest BCUT2D eigenvalue weighted by atomic mass is 9.83. The van der Waals surface area contributed by atoms with Gasteiger partial charge in [0.25, 0.3) is 0 Å². The maximum absolute atomic E-state index is 15.3. The lowest BCUT2D eigenvalue weighted by molar-refractivity contribution is 0.160. The number of ether oxygens (including phenoxy) is 3. The van der Waals surface area contributed by atoms with Gasteiger partial charge < -0.3 is 24.0 Å². The summed E-state index contributed by atoms with van der Waals surface area (Å²) >= 11 is 6.83. The highest BCUT2D eigenvalue weighted by atomic mass is 35.5. The molecule has 0 spiro atoms. The fraction of sp³-hybridized carbons (Fsp3) is 0.189. The van der Waals surface area contributed by atoms with Crippen molar-refractivity contribution in [2.45, 2.75) is 5.60 Å². The average Bonchev–Trinajstić information content (AvgIpc) is 3.06. The van der Waals surface area contributed by atoms with Crippen molar-refractivity contribution < 1.29 is 18.6 Å². The van der Waals surface area contributed by atoms with Gasteiger partial charge in [-0.05, 0) is 61.0 Å². The molecule has 2 heterocycles. The Morgan fingerprint density at radius 2 is 1.48 bits per heavy atom. The van der Waals surface area contributed by atoms with E-state index in [2.05, 4.69) is 53.3 Å². The predicted molar refractivity (Wildman–Crippen MR) is 175 cm³/mol. The van der Waals surface area contributed by atoms with E-state index in [1.807, 2.05) is 60.7 Å². The van der Waals surface area contributed by atoms with Crippen LogP contribution in [0, 0.1) is 5.82 Å². The van der Waals surface area contributed by atoms with Crippen molar-refractivity contribution in [2.75, 3.05) is 45.2 Å². The van der Waals surface area contributed by atoms with Gasteiger partial charge in [-0.25, -0.2) is 4.39 Å². The van der Waals surface area contributed by atoms with Crippen LogP contribution in [0.15, 0.2) is 103 Å². The third-order valence-corrected chi connectivity index (χ3v) is 8.83. The molecule has 0 saturated carbocycles. The van der Waals surface area contributed by atoms with Crippen molar-refractivity contribution in [1.82, 2.24) is 4.90 Å². The molecule has 0 radical (unpaired) electrons. The molecule has 1 unspecified atom stereocenters. The second-order valence-corrected chi connectivity index (χ2v) is 11.6. The van der Waals surface area contributed by atoms with Crippen LogP contribution in [0.3, 0.4) is 0 Å². The van der Waals surface area contributed by atoms with E-state index >= 15 is 4.39 Å². The molecule has 2 aliphatic rings. The molecule has 5 aromatic carbocycles. The molecular weight excluding hydrogens is 575 g/mol. The number of anilines is 1. The zero-order valence-electron chi connectivity index (χ0n) is 24.6. The summed E-state index contributed by atoms with van der Waals surface area (Å²) in [6, 6.07) is 30.6. The van der Waals surface area contributed by atoms with Gasteiger partial charge in [0.2, 0.25) is 0 Å². The summed E-state index contributed by atoms with van der Waals surface area (Å²) in [7, 11) is 3.61. The van der Waals surface area contributed by atoms with Crippen LogP contribution in [0.4, 0.5) is 10.1 Å². The van der Waals surface area contributed by atoms with Crippen molar-refractivity contribution in [2.24, 2.45) is 0 Å². The maximum atomic E-state index is 15.3. The number of halogens is 2. The molecule has 1 saturated heterocycles. The third kappa shape index (κ3) is 5.04. The van der Waals surface area contributed by atoms with E-state index < -0.39 is 11.4 Å². The lowest BCUT2D eigenvalue weighted by Gasteiger charge is -2.39. The molecule has 222 valence electrons. The number of methoxy groups -OCH3 is 1. The van der Waals surface area contributed by atoms with Crippen LogP contribution >= 0.6 is 11.6 Å². The standard InChI is InChI=1S/C37H32ClFN2O3/c1-40-18-20-41(21-19-40)33-24-36-30(28-10-6-7-11-29(28)33)16-17-37(44-36,26-13-15-35(42-2)32(39)23-26)25-12-14-34(31(38)22-25)43-27-8-4-3-5-9-27/h3-17,22-24H,18-21H2,1-2H3. The van der Waals surface area contributed by atoms with Gasteiger partial charge in [-0.3, -0.25) is 0 Å². The molecule has 1 fully saturated rings. The molecule has 7 rings (SSSR count). The second kappa shape index (κ2) is 11.5. The summed E-state index contributed by atoms with van der Waals surface area (Å²) in [5.41, 5.74) is 2.29. The minimum atomic E-state index is -1.17. The summed E-state index contributed by atoms with van der Waals surface area (Å²) in [6.45, 7) is 3.80. The van der Waals surface area contributed by atoms with Crippen molar-refractivity contribution >= 4 is 34.1 Å². The van der Waals surface area contributed by atoms with Gasteiger partial charge in [-0.15, -0.1) is 0 Å². The van der Waals surface area contributed by atoms with E-state index in [0.29, 0.717) is 22.1 Å². The number of hydrogen-bond acceptors (Lipinski definition) is 5. The Hall–Kier alpha value is -4.52. The molecule has 5 aromatic rings. The normalized spacial score (nSPS) is 18.1. The lowest BCUT2D eigenvalue weighted by Crippen LogP contribution is -2.44. The van der Waals surface area contributed by atoms with Gasteiger partial charge in [0.15, 0.2) is 17.2 Å². The van der Waals surface area contributed by atoms with Crippen LogP contribution in [-0.4, -0.2) is 45.2 Å². The van der Waals surface area contributed by atoms with Crippen molar-refractivity contribution in [1.29, 1.82) is 0 Å². The topological polar surface area (TPSA) is 34.2 Å². The fourth-order valence-corrected chi connectivity index (χ4v) is 6.35. The Labute approximate surface area is 261 Å². The Kier molecular flexibility index (Phi) is 7.40. The first-order chi connectivity index (χ1) is 21.4. The quantitative estimate of drug-likeness (QED) is 0.193. The highest BCUT2D eigenvalue weighted by Crippen LogP contribution is 2.48. The van der Waals surface area contributed by atoms with Gasteiger partial charge in [0.05, 0.1) is 12.1 Å². The van der Waals surface area contributed by atoms with Crippen molar-refractivity contribution in [3.63, 3.8) is 0 Å². The molecule has 44 heavy (non-hydrogen) atoms. The highest BCUT2D eigenvalue weighted by Gasteiger charge is 2.39. The zero-order chi connectivity index (χ0) is 30.3. The van der Waals surface area contributed by atoms with Crippen LogP contribution in [-0.2, 0) is 5.60 Å². The van der Waals surface area contributed by atoms with E-state index in [1.54, 1.807) is 6.07 Å². The molecule has 5 nitrogen and oxygen atoms in total. The van der Waals surface area contributed by atoms with Gasteiger partial charge in [-0.2, -0.15) is 0 Å². The number of hydrogen-bond donors (Lipinski definition) is 0. The Morgan fingerprint density at radius 1 is 0.795 bits per heavy atom. The maximum Gasteiger partial charge on any atom is 0.178 e. The number of nitrogens with zero attached hydrogens (tertiary/aromatic N) is 2. The Bertz CT molecular complexity index is 1870. The molecule has 0 aliphatic carbocycles. The van der Waals surface area contributed by atoms with Crippen LogP contribution in [0.2, 0.25) is 5.02 Å². The number of rotatable bonds is 6. The van der Waals surface area contributed by atoms with E-state index in [0.717, 1.165) is 54.1 Å². The molecule has 0 bridgehead atoms. The van der Waals surface area contributed by atoms with Crippen LogP contribution in [0.1, 0.15) is 16.7 Å². The summed E-state index contributed by atoms with van der Waals surface area (Å²) in [5.74, 6) is 1.61. The molecule has 2 aliphatic heterocycles. The Morgan fingerprint density at radius 3 is 2.18 bits per heavy atom. The minimum absolute atomic E-state index is 0.164. The first kappa shape index (κ1) is 28.3. The monoisotopic (exact) mass is 606 g/mol. The summed E-state index contributed by atoms with van der Waals surface area (Å²) in [4.78, 5) is 4.76. The zero-order valence-corrected chi connectivity index (χ0v) is 25.4. The summed E-state index contributed by atoms with van der Waals surface area (Å²) < 4.78 is 33.6. The molecule has 1 atom stereocenters. The number of likely N-dealkylation sites (N-methyl/N-ethyl adjacent to an activating group) is 1. The first-order valence-electron chi connectivity index (χ1n) is 14.7. The van der Waals surface area contributed by atoms with E-state index in [1.165, 1.54) is 18.6 Å². The third-order valence-electron chi connectivity index (χ3n) is 8.54. The summed E-state index contributed by atoms with van der Waals surface area (Å²) in [5, 5.41) is 2.70. The fourth-order valence-electron chi connectivity index (χ4n) is 6.13. The largest absolute Gasteiger partial charge is 0.494 e. The number of para-hydroxylation sites is 1. The number of piperazine rings is 1. The van der Waals surface area contributed by atoms with Crippen LogP contribution < -0.4 is 19.1 Å². The van der Waals surface area contributed by atoms with Crippen LogP contribution in [0.25, 0.3) is 16.8 Å². The Balaban J connectivity index is 1.37. The second-order valence-electron chi connectivity index (χ2n) is 11.2. The van der Waals surface area contributed by atoms with Gasteiger partial charge in [0, 0.05) is 60.0 Å². The SMILES string of the molecule is COc1ccc(C2(c3ccc(Oc4ccccc4)c(Cl)c3)C=Cc3c(cc(N4CCN(C)CC4)c4ccccc34)O2)cc1F. The molecule has 0 aromatic heterocycles. The minimum Gasteiger partial charge on any atom is -0.494 e. The highest BCUT2D eigenvalue weighted by molar-refractivity contribution is 6.32. The van der Waals surface area contributed by atoms with Gasteiger partial charge >= 0.3 is 0 Å². The van der Waals surface area contributed by atoms with Crippen LogP contribution in [0.5, 0.6) is 23.0 Å². The summed E-state index contributed by atoms with van der Waals surface area (Å²) in [6.07, 6.45) is 4.07. The predicted octanol–water partition coefficient (Wildman–Crippen LogP) is 8.53. The van der Waals surface area contributed by atoms with E-state index in [-0.39, 0.29) is 5.75 Å². The smallest absolute Gasteiger partial charge is 0.178 e. The molecule has 7 heteroatoms. The molecular formula is C37H32ClFN2O3. The van der Waals surface area contributed by atoms with E-state index in [9.17, 15) is 0 Å².